The van der Waals surface area contributed by atoms with Gasteiger partial charge in [-0.25, -0.2) is 4.98 Å². The van der Waals surface area contributed by atoms with Gasteiger partial charge in [0.05, 0.1) is 25.2 Å². The van der Waals surface area contributed by atoms with E-state index in [1.165, 1.54) is 11.3 Å². The highest BCUT2D eigenvalue weighted by Crippen LogP contribution is 2.10. The minimum atomic E-state index is -0.272. The molecule has 0 radical (unpaired) electrons. The van der Waals surface area contributed by atoms with E-state index in [4.69, 9.17) is 4.74 Å². The molecule has 0 spiro atoms. The van der Waals surface area contributed by atoms with Crippen molar-refractivity contribution in [2.45, 2.75) is 39.4 Å². The number of amides is 2. The molecule has 2 amide bonds. The van der Waals surface area contributed by atoms with Gasteiger partial charge in [-0.1, -0.05) is 0 Å². The molecule has 1 aromatic heterocycles. The molecule has 1 fully saturated rings. The van der Waals surface area contributed by atoms with Gasteiger partial charge < -0.3 is 4.74 Å². The summed E-state index contributed by atoms with van der Waals surface area (Å²) in [5.74, 6) is -0.503. The van der Waals surface area contributed by atoms with Crippen molar-refractivity contribution in [1.82, 2.24) is 20.7 Å². The summed E-state index contributed by atoms with van der Waals surface area (Å²) in [5, 5.41) is 2.63. The smallest absolute Gasteiger partial charge is 0.252 e. The second kappa shape index (κ2) is 7.66. The Morgan fingerprint density at radius 2 is 1.95 bits per heavy atom. The first-order chi connectivity index (χ1) is 10.4. The van der Waals surface area contributed by atoms with Crippen molar-refractivity contribution in [2.75, 3.05) is 19.6 Å². The fraction of sp³-hybridized carbons (Fsp3) is 0.643. The van der Waals surface area contributed by atoms with Crippen LogP contribution in [0, 0.1) is 6.92 Å². The zero-order valence-electron chi connectivity index (χ0n) is 13.1. The Balaban J connectivity index is 1.69. The third kappa shape index (κ3) is 5.36. The van der Waals surface area contributed by atoms with Crippen LogP contribution in [0.3, 0.4) is 0 Å². The molecule has 8 heteroatoms. The standard InChI is InChI=1S/C14H22N4O3S/c1-9-8-22-14(15-9)4-12(19)16-17-13(20)7-18-5-10(2)21-11(3)6-18/h8,10-11H,4-7H2,1-3H3,(H,16,19)(H,17,20)/t10-,11+. The van der Waals surface area contributed by atoms with Gasteiger partial charge in [-0.05, 0) is 20.8 Å². The molecule has 2 rings (SSSR count). The van der Waals surface area contributed by atoms with Crippen LogP contribution in [0.2, 0.25) is 0 Å². The third-order valence-electron chi connectivity index (χ3n) is 3.18. The Labute approximate surface area is 134 Å². The topological polar surface area (TPSA) is 83.6 Å². The minimum Gasteiger partial charge on any atom is -0.373 e. The van der Waals surface area contributed by atoms with Crippen LogP contribution in [0.4, 0.5) is 0 Å². The molecule has 0 aliphatic carbocycles. The highest BCUT2D eigenvalue weighted by Gasteiger charge is 2.23. The molecule has 1 saturated heterocycles. The number of thiazole rings is 1. The van der Waals surface area contributed by atoms with Gasteiger partial charge in [-0.15, -0.1) is 11.3 Å². The molecule has 7 nitrogen and oxygen atoms in total. The number of hydrogen-bond acceptors (Lipinski definition) is 6. The van der Waals surface area contributed by atoms with Crippen molar-refractivity contribution in [3.63, 3.8) is 0 Å². The summed E-state index contributed by atoms with van der Waals surface area (Å²) in [6, 6.07) is 0. The molecule has 2 atom stereocenters. The van der Waals surface area contributed by atoms with Gasteiger partial charge in [-0.3, -0.25) is 25.3 Å². The quantitative estimate of drug-likeness (QED) is 0.775. The van der Waals surface area contributed by atoms with Gasteiger partial charge in [0.15, 0.2) is 0 Å². The summed E-state index contributed by atoms with van der Waals surface area (Å²) in [6.07, 6.45) is 0.392. The Morgan fingerprint density at radius 1 is 1.32 bits per heavy atom. The van der Waals surface area contributed by atoms with Crippen LogP contribution in [0.25, 0.3) is 0 Å². The van der Waals surface area contributed by atoms with Crippen LogP contribution < -0.4 is 10.9 Å². The van der Waals surface area contributed by atoms with Crippen molar-refractivity contribution in [3.05, 3.63) is 16.1 Å². The molecule has 122 valence electrons. The van der Waals surface area contributed by atoms with E-state index >= 15 is 0 Å². The van der Waals surface area contributed by atoms with Crippen LogP contribution in [0.1, 0.15) is 24.5 Å². The number of ether oxygens (including phenoxy) is 1. The number of carbonyl (C=O) groups excluding carboxylic acids is 2. The van der Waals surface area contributed by atoms with Crippen molar-refractivity contribution < 1.29 is 14.3 Å². The average Bonchev–Trinajstić information content (AvgIpc) is 2.80. The number of aryl methyl sites for hydroxylation is 1. The normalized spacial score (nSPS) is 22.3. The monoisotopic (exact) mass is 326 g/mol. The maximum absolute atomic E-state index is 11.9. The highest BCUT2D eigenvalue weighted by atomic mass is 32.1. The molecular formula is C14H22N4O3S. The van der Waals surface area contributed by atoms with Gasteiger partial charge >= 0.3 is 0 Å². The maximum Gasteiger partial charge on any atom is 0.252 e. The lowest BCUT2D eigenvalue weighted by Crippen LogP contribution is -2.51. The zero-order chi connectivity index (χ0) is 16.1. The van der Waals surface area contributed by atoms with Gasteiger partial charge in [0.1, 0.15) is 5.01 Å². The van der Waals surface area contributed by atoms with Crippen LogP contribution in [-0.4, -0.2) is 53.5 Å². The van der Waals surface area contributed by atoms with Gasteiger partial charge in [0.25, 0.3) is 5.91 Å². The number of carbonyl (C=O) groups is 2. The Hall–Kier alpha value is -1.51. The maximum atomic E-state index is 11.9. The van der Waals surface area contributed by atoms with E-state index < -0.39 is 0 Å². The average molecular weight is 326 g/mol. The number of nitrogens with zero attached hydrogens (tertiary/aromatic N) is 2. The molecular weight excluding hydrogens is 304 g/mol. The first-order valence-electron chi connectivity index (χ1n) is 7.29. The summed E-state index contributed by atoms with van der Waals surface area (Å²) in [4.78, 5) is 29.8. The van der Waals surface area contributed by atoms with Gasteiger partial charge in [0.2, 0.25) is 5.91 Å². The number of nitrogens with one attached hydrogen (secondary N) is 2. The first-order valence-corrected chi connectivity index (χ1v) is 8.17. The molecule has 1 aliphatic rings. The Bertz CT molecular complexity index is 524. The Kier molecular flexibility index (Phi) is 5.87. The first kappa shape index (κ1) is 16.9. The zero-order valence-corrected chi connectivity index (χ0v) is 13.9. The number of rotatable bonds is 4. The van der Waals surface area contributed by atoms with E-state index in [2.05, 4.69) is 15.8 Å². The van der Waals surface area contributed by atoms with Crippen molar-refractivity contribution in [3.8, 4) is 0 Å². The lowest BCUT2D eigenvalue weighted by Gasteiger charge is -2.34. The van der Waals surface area contributed by atoms with Crippen molar-refractivity contribution >= 4 is 23.2 Å². The van der Waals surface area contributed by atoms with E-state index in [0.717, 1.165) is 10.7 Å². The molecule has 2 heterocycles. The summed E-state index contributed by atoms with van der Waals surface area (Å²) < 4.78 is 5.62. The predicted octanol–water partition coefficient (Wildman–Crippen LogP) is 0.251. The van der Waals surface area contributed by atoms with Crippen LogP contribution in [0.5, 0.6) is 0 Å². The SMILES string of the molecule is Cc1csc(CC(=O)NNC(=O)CN2C[C@@H](C)O[C@@H](C)C2)n1. The van der Waals surface area contributed by atoms with Crippen LogP contribution >= 0.6 is 11.3 Å². The molecule has 1 aliphatic heterocycles. The molecule has 1 aromatic rings. The van der Waals surface area contributed by atoms with E-state index in [1.807, 2.05) is 31.1 Å². The summed E-state index contributed by atoms with van der Waals surface area (Å²) >= 11 is 1.43. The van der Waals surface area contributed by atoms with Crippen LogP contribution in [-0.2, 0) is 20.7 Å². The summed E-state index contributed by atoms with van der Waals surface area (Å²) in [5.41, 5.74) is 5.76. The molecule has 0 unspecified atom stereocenters. The molecule has 0 aromatic carbocycles. The summed E-state index contributed by atoms with van der Waals surface area (Å²) in [6.45, 7) is 7.52. The molecule has 22 heavy (non-hydrogen) atoms. The number of hydrogen-bond donors (Lipinski definition) is 2. The van der Waals surface area contributed by atoms with E-state index in [9.17, 15) is 9.59 Å². The molecule has 0 bridgehead atoms. The van der Waals surface area contributed by atoms with Crippen molar-refractivity contribution in [2.24, 2.45) is 0 Å². The third-order valence-corrected chi connectivity index (χ3v) is 4.15. The molecule has 2 N–H and O–H groups in total. The van der Waals surface area contributed by atoms with Crippen LogP contribution in [0.15, 0.2) is 5.38 Å². The highest BCUT2D eigenvalue weighted by molar-refractivity contribution is 7.09. The van der Waals surface area contributed by atoms with E-state index in [1.54, 1.807) is 0 Å². The fourth-order valence-electron chi connectivity index (χ4n) is 2.46. The lowest BCUT2D eigenvalue weighted by atomic mass is 10.2. The Morgan fingerprint density at radius 3 is 2.55 bits per heavy atom. The van der Waals surface area contributed by atoms with Gasteiger partial charge in [-0.2, -0.15) is 0 Å². The number of morpholine rings is 1. The largest absolute Gasteiger partial charge is 0.373 e. The minimum absolute atomic E-state index is 0.110. The lowest BCUT2D eigenvalue weighted by molar-refractivity contribution is -0.131. The van der Waals surface area contributed by atoms with E-state index in [-0.39, 0.29) is 37.0 Å². The fourth-order valence-corrected chi connectivity index (χ4v) is 3.23. The van der Waals surface area contributed by atoms with Gasteiger partial charge in [0, 0.05) is 24.2 Å². The second-order valence-corrected chi connectivity index (χ2v) is 6.55. The number of aromatic nitrogens is 1. The number of hydrazine groups is 1. The summed E-state index contributed by atoms with van der Waals surface area (Å²) in [7, 11) is 0. The molecule has 0 saturated carbocycles. The van der Waals surface area contributed by atoms with E-state index in [0.29, 0.717) is 13.1 Å². The predicted molar refractivity (Wildman–Crippen MR) is 83.3 cm³/mol. The van der Waals surface area contributed by atoms with Crippen molar-refractivity contribution in [1.29, 1.82) is 0 Å². The second-order valence-electron chi connectivity index (χ2n) is 5.61.